The van der Waals surface area contributed by atoms with Gasteiger partial charge in [0.05, 0.1) is 5.69 Å². The number of imidazole rings is 1. The second-order valence-corrected chi connectivity index (χ2v) is 7.35. The van der Waals surface area contributed by atoms with Gasteiger partial charge in [0.25, 0.3) is 0 Å². The molecule has 1 aliphatic carbocycles. The zero-order valence-electron chi connectivity index (χ0n) is 13.5. The average Bonchev–Trinajstić information content (AvgIpc) is 3.04. The van der Waals surface area contributed by atoms with Crippen molar-refractivity contribution in [2.45, 2.75) is 66.0 Å². The zero-order valence-corrected chi connectivity index (χ0v) is 14.2. The molecule has 0 saturated heterocycles. The number of hydrogen-bond donors (Lipinski definition) is 0. The Kier molecular flexibility index (Phi) is 3.76. The van der Waals surface area contributed by atoms with Crippen molar-refractivity contribution < 1.29 is 0 Å². The summed E-state index contributed by atoms with van der Waals surface area (Å²) in [6.07, 6.45) is 4.54. The number of fused-ring (bicyclic) bond motifs is 1. The highest BCUT2D eigenvalue weighted by Crippen LogP contribution is 2.45. The Labute approximate surface area is 131 Å². The fraction of sp³-hybridized carbons (Fsp3) is 0.750. The summed E-state index contributed by atoms with van der Waals surface area (Å²) in [5, 5.41) is 4.64. The second-order valence-electron chi connectivity index (χ2n) is 6.97. The molecule has 2 aromatic heterocycles. The minimum absolute atomic E-state index is 0.422. The number of hydrogen-bond acceptors (Lipinski definition) is 2. The van der Waals surface area contributed by atoms with Crippen molar-refractivity contribution in [1.82, 2.24) is 19.3 Å². The van der Waals surface area contributed by atoms with E-state index in [-0.39, 0.29) is 0 Å². The van der Waals surface area contributed by atoms with E-state index in [1.165, 1.54) is 24.9 Å². The third-order valence-electron chi connectivity index (χ3n) is 4.74. The molecule has 0 bridgehead atoms. The van der Waals surface area contributed by atoms with Gasteiger partial charge >= 0.3 is 0 Å². The van der Waals surface area contributed by atoms with E-state index in [2.05, 4.69) is 42.0 Å². The average molecular weight is 309 g/mol. The Hall–Kier alpha value is -1.03. The summed E-state index contributed by atoms with van der Waals surface area (Å²) in [7, 11) is 0. The quantitative estimate of drug-likeness (QED) is 0.797. The molecule has 1 fully saturated rings. The first-order valence-corrected chi connectivity index (χ1v) is 8.50. The second kappa shape index (κ2) is 5.31. The van der Waals surface area contributed by atoms with Gasteiger partial charge in [0.15, 0.2) is 5.65 Å². The highest BCUT2D eigenvalue weighted by atomic mass is 35.5. The lowest BCUT2D eigenvalue weighted by Gasteiger charge is -2.20. The third kappa shape index (κ3) is 2.48. The van der Waals surface area contributed by atoms with Gasteiger partial charge in [0, 0.05) is 24.9 Å². The number of rotatable bonds is 4. The van der Waals surface area contributed by atoms with Crippen molar-refractivity contribution in [1.29, 1.82) is 0 Å². The maximum Gasteiger partial charge on any atom is 0.159 e. The van der Waals surface area contributed by atoms with E-state index < -0.39 is 0 Å². The molecule has 0 aromatic carbocycles. The Morgan fingerprint density at radius 2 is 2.14 bits per heavy atom. The van der Waals surface area contributed by atoms with Crippen LogP contribution in [0.25, 0.3) is 11.2 Å². The molecule has 0 spiro atoms. The summed E-state index contributed by atoms with van der Waals surface area (Å²) in [6, 6.07) is 0.532. The third-order valence-corrected chi connectivity index (χ3v) is 4.93. The van der Waals surface area contributed by atoms with Gasteiger partial charge in [-0.05, 0) is 38.5 Å². The lowest BCUT2D eigenvalue weighted by atomic mass is 9.92. The SMILES string of the molecule is CCn1nc(C)c2nc(CCCl)n(C3CCC(C)(C)C3)c21. The van der Waals surface area contributed by atoms with Crippen molar-refractivity contribution in [3.05, 3.63) is 11.5 Å². The fourth-order valence-electron chi connectivity index (χ4n) is 3.72. The van der Waals surface area contributed by atoms with E-state index in [1.807, 2.05) is 0 Å². The minimum atomic E-state index is 0.422. The first-order valence-electron chi connectivity index (χ1n) is 7.97. The van der Waals surface area contributed by atoms with Gasteiger partial charge in [-0.25, -0.2) is 9.67 Å². The van der Waals surface area contributed by atoms with E-state index in [9.17, 15) is 0 Å². The molecule has 1 atom stereocenters. The Bertz CT molecular complexity index is 653. The molecule has 1 unspecified atom stereocenters. The first-order chi connectivity index (χ1) is 9.96. The molecule has 4 nitrogen and oxygen atoms in total. The minimum Gasteiger partial charge on any atom is -0.310 e. The number of aromatic nitrogens is 4. The molecule has 0 aliphatic heterocycles. The predicted molar refractivity (Wildman–Crippen MR) is 87.0 cm³/mol. The molecule has 2 aromatic rings. The summed E-state index contributed by atoms with van der Waals surface area (Å²) < 4.78 is 4.54. The predicted octanol–water partition coefficient (Wildman–Crippen LogP) is 4.09. The van der Waals surface area contributed by atoms with Crippen molar-refractivity contribution in [3.8, 4) is 0 Å². The topological polar surface area (TPSA) is 35.6 Å². The van der Waals surface area contributed by atoms with E-state index in [1.54, 1.807) is 0 Å². The zero-order chi connectivity index (χ0) is 15.2. The number of aryl methyl sites for hydroxylation is 3. The summed E-state index contributed by atoms with van der Waals surface area (Å²) in [6.45, 7) is 9.81. The van der Waals surface area contributed by atoms with Crippen LogP contribution < -0.4 is 0 Å². The highest BCUT2D eigenvalue weighted by Gasteiger charge is 2.34. The molecule has 0 radical (unpaired) electrons. The van der Waals surface area contributed by atoms with Gasteiger partial charge in [-0.2, -0.15) is 5.10 Å². The van der Waals surface area contributed by atoms with Crippen LogP contribution in [0.3, 0.4) is 0 Å². The maximum absolute atomic E-state index is 6.00. The van der Waals surface area contributed by atoms with Crippen LogP contribution in [0.5, 0.6) is 0 Å². The van der Waals surface area contributed by atoms with E-state index in [0.717, 1.165) is 30.0 Å². The summed E-state index contributed by atoms with van der Waals surface area (Å²) in [4.78, 5) is 4.86. The van der Waals surface area contributed by atoms with E-state index in [0.29, 0.717) is 17.3 Å². The molecule has 1 saturated carbocycles. The molecular formula is C16H25ClN4. The van der Waals surface area contributed by atoms with Crippen molar-refractivity contribution in [2.24, 2.45) is 5.41 Å². The number of alkyl halides is 1. The summed E-state index contributed by atoms with van der Waals surface area (Å²) in [5.74, 6) is 1.75. The van der Waals surface area contributed by atoms with Gasteiger partial charge in [-0.15, -0.1) is 11.6 Å². The molecule has 0 amide bonds. The van der Waals surface area contributed by atoms with Gasteiger partial charge in [-0.1, -0.05) is 13.8 Å². The van der Waals surface area contributed by atoms with Crippen LogP contribution in [-0.2, 0) is 13.0 Å². The van der Waals surface area contributed by atoms with Crippen LogP contribution in [0.4, 0.5) is 0 Å². The normalized spacial score (nSPS) is 21.5. The van der Waals surface area contributed by atoms with Gasteiger partial charge in [0.2, 0.25) is 0 Å². The fourth-order valence-corrected chi connectivity index (χ4v) is 3.89. The van der Waals surface area contributed by atoms with Crippen LogP contribution in [0.15, 0.2) is 0 Å². The number of halogens is 1. The molecule has 21 heavy (non-hydrogen) atoms. The lowest BCUT2D eigenvalue weighted by Crippen LogP contribution is -2.15. The van der Waals surface area contributed by atoms with Gasteiger partial charge in [0.1, 0.15) is 11.3 Å². The van der Waals surface area contributed by atoms with Crippen LogP contribution >= 0.6 is 11.6 Å². The van der Waals surface area contributed by atoms with Crippen LogP contribution in [0, 0.1) is 12.3 Å². The summed E-state index contributed by atoms with van der Waals surface area (Å²) in [5.41, 5.74) is 3.70. The molecule has 0 N–H and O–H groups in total. The van der Waals surface area contributed by atoms with Crippen LogP contribution in [0.2, 0.25) is 0 Å². The van der Waals surface area contributed by atoms with Crippen LogP contribution in [0.1, 0.15) is 57.6 Å². The Morgan fingerprint density at radius 3 is 2.71 bits per heavy atom. The van der Waals surface area contributed by atoms with Crippen molar-refractivity contribution in [3.63, 3.8) is 0 Å². The summed E-state index contributed by atoms with van der Waals surface area (Å²) >= 11 is 6.00. The largest absolute Gasteiger partial charge is 0.310 e. The molecule has 116 valence electrons. The van der Waals surface area contributed by atoms with E-state index >= 15 is 0 Å². The van der Waals surface area contributed by atoms with Crippen LogP contribution in [-0.4, -0.2) is 25.2 Å². The maximum atomic E-state index is 6.00. The van der Waals surface area contributed by atoms with E-state index in [4.69, 9.17) is 16.6 Å². The molecule has 2 heterocycles. The Morgan fingerprint density at radius 1 is 1.38 bits per heavy atom. The molecule has 5 heteroatoms. The van der Waals surface area contributed by atoms with Gasteiger partial charge in [-0.3, -0.25) is 0 Å². The first kappa shape index (κ1) is 14.9. The molecule has 3 rings (SSSR count). The number of nitrogens with zero attached hydrogens (tertiary/aromatic N) is 4. The molecule has 1 aliphatic rings. The Balaban J connectivity index is 2.15. The standard InChI is InChI=1S/C16H25ClN4/c1-5-20-15-14(11(2)19-20)18-13(7-9-17)21(15)12-6-8-16(3,4)10-12/h12H,5-10H2,1-4H3. The van der Waals surface area contributed by atoms with Crippen molar-refractivity contribution in [2.75, 3.05) is 5.88 Å². The lowest BCUT2D eigenvalue weighted by molar-refractivity contribution is 0.357. The highest BCUT2D eigenvalue weighted by molar-refractivity contribution is 6.17. The van der Waals surface area contributed by atoms with Crippen molar-refractivity contribution >= 4 is 22.8 Å². The molecular weight excluding hydrogens is 284 g/mol. The van der Waals surface area contributed by atoms with Gasteiger partial charge < -0.3 is 4.57 Å². The smallest absolute Gasteiger partial charge is 0.159 e. The monoisotopic (exact) mass is 308 g/mol.